The summed E-state index contributed by atoms with van der Waals surface area (Å²) in [6.45, 7) is 0. The number of hydrogen-bond acceptors (Lipinski definition) is 0. The molecule has 0 aliphatic heterocycles. The fourth-order valence-electron chi connectivity index (χ4n) is 7.06. The van der Waals surface area contributed by atoms with Gasteiger partial charge in [-0.3, -0.25) is 0 Å². The molecule has 52 heavy (non-hydrogen) atoms. The molecular formula is C51H33N. The average Bonchev–Trinajstić information content (AvgIpc) is 3.91. The number of benzene rings is 9. The monoisotopic (exact) mass is 681 g/mol. The van der Waals surface area contributed by atoms with Gasteiger partial charge in [0.25, 0.3) is 0 Å². The summed E-state index contributed by atoms with van der Waals surface area (Å²) in [6.07, 6.45) is 0. The highest BCUT2D eigenvalue weighted by Gasteiger charge is 2.33. The molecule has 0 saturated carbocycles. The molecule has 1 aliphatic rings. The van der Waals surface area contributed by atoms with E-state index >= 15 is 0 Å². The van der Waals surface area contributed by atoms with Crippen LogP contribution in [0.1, 0.15) is 52.8 Å². The minimum absolute atomic E-state index is 0.0452. The molecule has 11 rings (SSSR count). The van der Waals surface area contributed by atoms with Crippen molar-refractivity contribution in [3.05, 3.63) is 210 Å². The zero-order valence-electron chi connectivity index (χ0n) is 48.8. The van der Waals surface area contributed by atoms with E-state index in [9.17, 15) is 21.9 Å². The quantitative estimate of drug-likeness (QED) is 0.174. The minimum Gasteiger partial charge on any atom is -0.309 e. The Morgan fingerprint density at radius 1 is 0.442 bits per heavy atom. The highest BCUT2D eigenvalue weighted by atomic mass is 15.0. The number of rotatable bonds is 4. The van der Waals surface area contributed by atoms with Crippen LogP contribution in [-0.2, 0) is 0 Å². The molecule has 1 heteroatoms. The van der Waals surface area contributed by atoms with Crippen LogP contribution in [-0.4, -0.2) is 4.57 Å². The predicted octanol–water partition coefficient (Wildman–Crippen LogP) is 13.6. The Bertz CT molecular complexity index is 4260. The number of fused-ring (bicyclic) bond motifs is 9. The van der Waals surface area contributed by atoms with Crippen molar-refractivity contribution in [2.75, 3.05) is 0 Å². The Balaban J connectivity index is 1.34. The van der Waals surface area contributed by atoms with Crippen molar-refractivity contribution in [2.24, 2.45) is 0 Å². The van der Waals surface area contributed by atoms with Gasteiger partial charge in [-0.15, -0.1) is 0 Å². The second-order valence-corrected chi connectivity index (χ2v) is 12.3. The van der Waals surface area contributed by atoms with Crippen LogP contribution in [0.4, 0.5) is 0 Å². The maximum atomic E-state index is 9.89. The van der Waals surface area contributed by atoms with Gasteiger partial charge in [0.15, 0.2) is 0 Å². The lowest BCUT2D eigenvalue weighted by Crippen LogP contribution is -1.99. The van der Waals surface area contributed by atoms with Crippen LogP contribution in [0.5, 0.6) is 0 Å². The van der Waals surface area contributed by atoms with Crippen molar-refractivity contribution in [1.29, 1.82) is 0 Å². The van der Waals surface area contributed by atoms with Crippen molar-refractivity contribution in [2.45, 2.75) is 5.92 Å². The number of nitrogens with zero attached hydrogens (tertiary/aromatic N) is 1. The Labute approximate surface area is 333 Å². The molecule has 1 aromatic heterocycles. The van der Waals surface area contributed by atoms with Gasteiger partial charge in [-0.25, -0.2) is 0 Å². The summed E-state index contributed by atoms with van der Waals surface area (Å²) in [5.41, 5.74) is -2.96. The molecule has 0 saturated heterocycles. The molecule has 0 fully saturated rings. The fourth-order valence-corrected chi connectivity index (χ4v) is 7.06. The van der Waals surface area contributed by atoms with E-state index in [1.807, 2.05) is 0 Å². The molecular weight excluding hydrogens is 627 g/mol. The maximum absolute atomic E-state index is 9.89. The summed E-state index contributed by atoms with van der Waals surface area (Å²) < 4.78 is 206. The number of para-hydroxylation sites is 1. The molecule has 0 bridgehead atoms. The third kappa shape index (κ3) is 4.43. The van der Waals surface area contributed by atoms with Crippen LogP contribution in [0.15, 0.2) is 194 Å². The van der Waals surface area contributed by atoms with E-state index in [2.05, 4.69) is 0 Å². The SMILES string of the molecule is [2H]c1c([2H])c([2H])c2c(c1[2H])-c1c(c([2H])c([2H])c3c1c1c([2H])c([2H])c([2H])c([2H])c1n3-c1c([2H])c([2H])c3c([2H])c(-c4ccccc4)c([2H])c([2H])c3c1[2H])C2c1c([2H])c([2H])c2c([2H])c(-c3ccccc3)c([2H])c([2H])c2c1[2H]. The van der Waals surface area contributed by atoms with Gasteiger partial charge < -0.3 is 4.57 Å². The summed E-state index contributed by atoms with van der Waals surface area (Å²) in [7, 11) is 0. The Morgan fingerprint density at radius 3 is 1.81 bits per heavy atom. The van der Waals surface area contributed by atoms with Crippen molar-refractivity contribution in [3.8, 4) is 39.1 Å². The fraction of sp³-hybridized carbons (Fsp3) is 0.0196. The molecule has 1 atom stereocenters. The molecule has 242 valence electrons. The highest BCUT2D eigenvalue weighted by molar-refractivity contribution is 6.18. The van der Waals surface area contributed by atoms with Crippen molar-refractivity contribution < 1.29 is 30.2 Å². The van der Waals surface area contributed by atoms with E-state index in [4.69, 9.17) is 8.22 Å². The van der Waals surface area contributed by atoms with Crippen molar-refractivity contribution >= 4 is 43.4 Å². The second kappa shape index (κ2) is 11.4. The molecule has 0 amide bonds. The largest absolute Gasteiger partial charge is 0.309 e. The van der Waals surface area contributed by atoms with Gasteiger partial charge in [-0.05, 0) is 108 Å². The molecule has 1 heterocycles. The molecule has 1 nitrogen and oxygen atoms in total. The Hall–Kier alpha value is -6.70. The van der Waals surface area contributed by atoms with Crippen LogP contribution in [0, 0.1) is 0 Å². The molecule has 1 aliphatic carbocycles. The zero-order chi connectivity index (χ0) is 53.3. The highest BCUT2D eigenvalue weighted by Crippen LogP contribution is 2.53. The lowest BCUT2D eigenvalue weighted by atomic mass is 9.87. The van der Waals surface area contributed by atoms with E-state index in [1.165, 1.54) is 0 Å². The Kier molecular flexibility index (Phi) is 3.27. The summed E-state index contributed by atoms with van der Waals surface area (Å²) >= 11 is 0. The molecule has 0 N–H and O–H groups in total. The summed E-state index contributed by atoms with van der Waals surface area (Å²) in [5.74, 6) is -1.81. The third-order valence-corrected chi connectivity index (χ3v) is 9.37. The smallest absolute Gasteiger partial charge is 0.0651 e. The van der Waals surface area contributed by atoms with E-state index < -0.39 is 177 Å². The molecule has 10 aromatic rings. The number of hydrogen-bond donors (Lipinski definition) is 0. The first kappa shape index (κ1) is 14.9. The predicted molar refractivity (Wildman–Crippen MR) is 219 cm³/mol. The molecule has 0 radical (unpaired) electrons. The van der Waals surface area contributed by atoms with Crippen LogP contribution < -0.4 is 0 Å². The van der Waals surface area contributed by atoms with E-state index in [0.29, 0.717) is 11.1 Å². The molecule has 0 spiro atoms. The summed E-state index contributed by atoms with van der Waals surface area (Å²) in [4.78, 5) is 0. The van der Waals surface area contributed by atoms with Crippen LogP contribution in [0.25, 0.3) is 82.4 Å². The normalized spacial score (nSPS) is 19.5. The van der Waals surface area contributed by atoms with Crippen molar-refractivity contribution in [3.63, 3.8) is 0 Å². The standard InChI is InChI=1S/C51H33N/c1-3-11-33(12-4-1)35-19-21-38-31-41(24-23-37(38)29-35)49-43-15-7-8-16-44(43)50-46(49)27-28-48-51(50)45-17-9-10-18-47(45)52(48)42-26-25-39-30-36(20-22-40(39)32-42)34-13-5-2-6-14-34/h1-32,49H/i7D,8D,9D,10D,15D,16D,17D,18D,19D,20D,21D,22D,23D,24D,25D,26D,27D,28D,29D,30D,31D,32D. The van der Waals surface area contributed by atoms with Gasteiger partial charge in [0, 0.05) is 22.4 Å². The zero-order valence-corrected chi connectivity index (χ0v) is 26.8. The average molecular weight is 682 g/mol. The topological polar surface area (TPSA) is 4.93 Å². The first-order chi connectivity index (χ1) is 35.0. The van der Waals surface area contributed by atoms with Gasteiger partial charge in [0.05, 0.1) is 41.2 Å². The second-order valence-electron chi connectivity index (χ2n) is 12.3. The van der Waals surface area contributed by atoms with Crippen LogP contribution in [0.3, 0.4) is 0 Å². The van der Waals surface area contributed by atoms with E-state index in [-0.39, 0.29) is 49.5 Å². The first-order valence-electron chi connectivity index (χ1n) is 27.4. The van der Waals surface area contributed by atoms with Gasteiger partial charge in [0.2, 0.25) is 0 Å². The molecule has 1 unspecified atom stereocenters. The summed E-state index contributed by atoms with van der Waals surface area (Å²) in [5, 5.41) is -2.33. The van der Waals surface area contributed by atoms with Crippen LogP contribution in [0.2, 0.25) is 0 Å². The van der Waals surface area contributed by atoms with Crippen molar-refractivity contribution in [1.82, 2.24) is 4.57 Å². The van der Waals surface area contributed by atoms with Gasteiger partial charge >= 0.3 is 0 Å². The van der Waals surface area contributed by atoms with E-state index in [0.717, 1.165) is 4.57 Å². The van der Waals surface area contributed by atoms with Gasteiger partial charge in [0.1, 0.15) is 0 Å². The number of aromatic nitrogens is 1. The lowest BCUT2D eigenvalue weighted by Gasteiger charge is -2.16. The third-order valence-electron chi connectivity index (χ3n) is 9.37. The minimum atomic E-state index is -1.81. The molecule has 9 aromatic carbocycles. The van der Waals surface area contributed by atoms with E-state index in [1.54, 1.807) is 60.7 Å². The lowest BCUT2D eigenvalue weighted by molar-refractivity contribution is 1.02. The van der Waals surface area contributed by atoms with Crippen LogP contribution >= 0.6 is 0 Å². The maximum Gasteiger partial charge on any atom is 0.0651 e. The Morgan fingerprint density at radius 2 is 1.06 bits per heavy atom. The summed E-state index contributed by atoms with van der Waals surface area (Å²) in [6, 6.07) is 0.943. The van der Waals surface area contributed by atoms with Gasteiger partial charge in [-0.1, -0.05) is 157 Å². The first-order valence-corrected chi connectivity index (χ1v) is 16.4. The van der Waals surface area contributed by atoms with Gasteiger partial charge in [-0.2, -0.15) is 0 Å².